The SMILES string of the molecule is CCCC(=O)OC(O)C(CC=C(C)C)=C(C)C. The molecule has 0 spiro atoms. The minimum absolute atomic E-state index is 0.343. The zero-order valence-corrected chi connectivity index (χ0v) is 11.5. The molecule has 3 nitrogen and oxygen atoms in total. The average Bonchev–Trinajstić information content (AvgIpc) is 2.16. The second-order valence-corrected chi connectivity index (χ2v) is 4.60. The second-order valence-electron chi connectivity index (χ2n) is 4.60. The fourth-order valence-corrected chi connectivity index (χ4v) is 1.32. The molecular formula is C14H24O3. The Balaban J connectivity index is 4.58. The van der Waals surface area contributed by atoms with Crippen LogP contribution in [0.1, 0.15) is 53.9 Å². The van der Waals surface area contributed by atoms with Crippen molar-refractivity contribution in [1.29, 1.82) is 0 Å². The van der Waals surface area contributed by atoms with E-state index in [1.54, 1.807) is 0 Å². The minimum Gasteiger partial charge on any atom is -0.432 e. The molecule has 0 radical (unpaired) electrons. The summed E-state index contributed by atoms with van der Waals surface area (Å²) < 4.78 is 4.98. The number of esters is 1. The lowest BCUT2D eigenvalue weighted by atomic mass is 10.1. The Bertz CT molecular complexity index is 305. The maximum absolute atomic E-state index is 11.3. The predicted molar refractivity (Wildman–Crippen MR) is 69.4 cm³/mol. The van der Waals surface area contributed by atoms with Crippen molar-refractivity contribution in [2.75, 3.05) is 0 Å². The Hall–Kier alpha value is -1.09. The molecule has 1 N–H and O–H groups in total. The van der Waals surface area contributed by atoms with Gasteiger partial charge in [-0.3, -0.25) is 4.79 Å². The van der Waals surface area contributed by atoms with Gasteiger partial charge in [0.05, 0.1) is 0 Å². The van der Waals surface area contributed by atoms with Crippen molar-refractivity contribution in [3.05, 3.63) is 22.8 Å². The Kier molecular flexibility index (Phi) is 7.55. The van der Waals surface area contributed by atoms with E-state index in [2.05, 4.69) is 0 Å². The number of rotatable bonds is 6. The number of hydrogen-bond acceptors (Lipinski definition) is 3. The van der Waals surface area contributed by atoms with Crippen LogP contribution in [0.15, 0.2) is 22.8 Å². The molecule has 0 aromatic rings. The maximum atomic E-state index is 11.3. The van der Waals surface area contributed by atoms with Gasteiger partial charge in [0.1, 0.15) is 0 Å². The van der Waals surface area contributed by atoms with Crippen LogP contribution in [0.5, 0.6) is 0 Å². The highest BCUT2D eigenvalue weighted by Crippen LogP contribution is 2.17. The van der Waals surface area contributed by atoms with Gasteiger partial charge in [-0.15, -0.1) is 0 Å². The van der Waals surface area contributed by atoms with Crippen LogP contribution in [0.4, 0.5) is 0 Å². The fourth-order valence-electron chi connectivity index (χ4n) is 1.32. The summed E-state index contributed by atoms with van der Waals surface area (Å²) in [7, 11) is 0. The summed E-state index contributed by atoms with van der Waals surface area (Å²) in [5.41, 5.74) is 2.92. The van der Waals surface area contributed by atoms with E-state index >= 15 is 0 Å². The Morgan fingerprint density at radius 2 is 1.88 bits per heavy atom. The van der Waals surface area contributed by atoms with Crippen molar-refractivity contribution < 1.29 is 14.6 Å². The first-order chi connectivity index (χ1) is 7.88. The summed E-state index contributed by atoms with van der Waals surface area (Å²) in [5, 5.41) is 9.86. The van der Waals surface area contributed by atoms with Crippen molar-refractivity contribution in [3.8, 4) is 0 Å². The van der Waals surface area contributed by atoms with Crippen LogP contribution in [0, 0.1) is 0 Å². The van der Waals surface area contributed by atoms with Crippen molar-refractivity contribution in [3.63, 3.8) is 0 Å². The normalized spacial score (nSPS) is 11.6. The van der Waals surface area contributed by atoms with Gasteiger partial charge < -0.3 is 9.84 Å². The molecule has 0 saturated carbocycles. The Morgan fingerprint density at radius 3 is 2.29 bits per heavy atom. The average molecular weight is 240 g/mol. The summed E-state index contributed by atoms with van der Waals surface area (Å²) in [6.07, 6.45) is 2.58. The highest BCUT2D eigenvalue weighted by Gasteiger charge is 2.15. The molecule has 0 amide bonds. The predicted octanol–water partition coefficient (Wildman–Crippen LogP) is 3.34. The van der Waals surface area contributed by atoms with Crippen LogP contribution in [0.2, 0.25) is 0 Å². The van der Waals surface area contributed by atoms with Crippen LogP contribution in [0.25, 0.3) is 0 Å². The lowest BCUT2D eigenvalue weighted by Gasteiger charge is -2.16. The molecule has 98 valence electrons. The van der Waals surface area contributed by atoms with Gasteiger partial charge in [-0.25, -0.2) is 0 Å². The molecule has 0 aliphatic heterocycles. The number of aliphatic hydroxyl groups is 1. The zero-order valence-electron chi connectivity index (χ0n) is 11.5. The molecule has 1 unspecified atom stereocenters. The van der Waals surface area contributed by atoms with Gasteiger partial charge in [0.25, 0.3) is 0 Å². The molecule has 0 aliphatic carbocycles. The number of ether oxygens (including phenoxy) is 1. The van der Waals surface area contributed by atoms with Crippen molar-refractivity contribution in [2.24, 2.45) is 0 Å². The molecule has 0 aliphatic rings. The van der Waals surface area contributed by atoms with Crippen LogP contribution >= 0.6 is 0 Å². The topological polar surface area (TPSA) is 46.5 Å². The largest absolute Gasteiger partial charge is 0.432 e. The van der Waals surface area contributed by atoms with E-state index in [9.17, 15) is 9.90 Å². The first kappa shape index (κ1) is 15.9. The zero-order chi connectivity index (χ0) is 13.4. The lowest BCUT2D eigenvalue weighted by molar-refractivity contribution is -0.162. The van der Waals surface area contributed by atoms with Crippen molar-refractivity contribution >= 4 is 5.97 Å². The second kappa shape index (κ2) is 8.07. The molecule has 0 saturated heterocycles. The molecule has 1 atom stereocenters. The quantitative estimate of drug-likeness (QED) is 0.440. The van der Waals surface area contributed by atoms with Crippen LogP contribution in [-0.4, -0.2) is 17.4 Å². The standard InChI is InChI=1S/C14H24O3/c1-6-7-13(15)17-14(16)12(11(4)5)9-8-10(2)3/h8,14,16H,6-7,9H2,1-5H3. The summed E-state index contributed by atoms with van der Waals surface area (Å²) in [4.78, 5) is 11.3. The minimum atomic E-state index is -1.12. The summed E-state index contributed by atoms with van der Waals surface area (Å²) in [6.45, 7) is 9.71. The highest BCUT2D eigenvalue weighted by atomic mass is 16.6. The maximum Gasteiger partial charge on any atom is 0.308 e. The van der Waals surface area contributed by atoms with Crippen LogP contribution in [-0.2, 0) is 9.53 Å². The summed E-state index contributed by atoms with van der Waals surface area (Å²) >= 11 is 0. The molecule has 0 bridgehead atoms. The van der Waals surface area contributed by atoms with Gasteiger partial charge in [-0.05, 0) is 46.1 Å². The number of hydrogen-bond donors (Lipinski definition) is 1. The number of carbonyl (C=O) groups excluding carboxylic acids is 1. The lowest BCUT2D eigenvalue weighted by Crippen LogP contribution is -2.20. The Labute approximate surface area is 104 Å². The summed E-state index contributed by atoms with van der Waals surface area (Å²) in [6, 6.07) is 0. The summed E-state index contributed by atoms with van der Waals surface area (Å²) in [5.74, 6) is -0.351. The molecule has 0 rings (SSSR count). The van der Waals surface area contributed by atoms with Crippen LogP contribution in [0.3, 0.4) is 0 Å². The van der Waals surface area contributed by atoms with E-state index in [1.165, 1.54) is 5.57 Å². The third-order valence-corrected chi connectivity index (χ3v) is 2.37. The van der Waals surface area contributed by atoms with Gasteiger partial charge in [0.2, 0.25) is 6.29 Å². The van der Waals surface area contributed by atoms with E-state index < -0.39 is 6.29 Å². The molecule has 3 heteroatoms. The smallest absolute Gasteiger partial charge is 0.308 e. The molecule has 0 fully saturated rings. The van der Waals surface area contributed by atoms with Gasteiger partial charge >= 0.3 is 5.97 Å². The molecule has 17 heavy (non-hydrogen) atoms. The van der Waals surface area contributed by atoms with Gasteiger partial charge in [-0.2, -0.15) is 0 Å². The van der Waals surface area contributed by atoms with Gasteiger partial charge in [-0.1, -0.05) is 24.1 Å². The monoisotopic (exact) mass is 240 g/mol. The van der Waals surface area contributed by atoms with E-state index in [1.807, 2.05) is 40.7 Å². The van der Waals surface area contributed by atoms with Gasteiger partial charge in [0, 0.05) is 6.42 Å². The van der Waals surface area contributed by atoms with E-state index in [0.29, 0.717) is 12.8 Å². The van der Waals surface area contributed by atoms with Crippen molar-refractivity contribution in [2.45, 2.75) is 60.2 Å². The first-order valence-electron chi connectivity index (χ1n) is 6.05. The molecule has 0 aromatic carbocycles. The molecule has 0 heterocycles. The Morgan fingerprint density at radius 1 is 1.29 bits per heavy atom. The van der Waals surface area contributed by atoms with E-state index in [-0.39, 0.29) is 5.97 Å². The molecular weight excluding hydrogens is 216 g/mol. The van der Waals surface area contributed by atoms with Gasteiger partial charge in [0.15, 0.2) is 0 Å². The fraction of sp³-hybridized carbons (Fsp3) is 0.643. The number of allylic oxidation sites excluding steroid dienone is 3. The third-order valence-electron chi connectivity index (χ3n) is 2.37. The number of carbonyl (C=O) groups is 1. The highest BCUT2D eigenvalue weighted by molar-refractivity contribution is 5.69. The molecule has 0 aromatic heterocycles. The third kappa shape index (κ3) is 6.95. The van der Waals surface area contributed by atoms with E-state index in [4.69, 9.17) is 4.74 Å². The number of aliphatic hydroxyl groups excluding tert-OH is 1. The first-order valence-corrected chi connectivity index (χ1v) is 6.05. The van der Waals surface area contributed by atoms with E-state index in [0.717, 1.165) is 17.6 Å². The van der Waals surface area contributed by atoms with Crippen LogP contribution < -0.4 is 0 Å². The van der Waals surface area contributed by atoms with Crippen molar-refractivity contribution in [1.82, 2.24) is 0 Å².